The Morgan fingerprint density at radius 1 is 1.32 bits per heavy atom. The topological polar surface area (TPSA) is 89.6 Å². The lowest BCUT2D eigenvalue weighted by Crippen LogP contribution is -2.44. The Kier molecular flexibility index (Phi) is 9.30. The molecule has 1 unspecified atom stereocenters. The van der Waals surface area contributed by atoms with Crippen molar-refractivity contribution in [1.29, 1.82) is 0 Å². The number of nitrogens with one attached hydrogen (secondary N) is 2. The van der Waals surface area contributed by atoms with Crippen molar-refractivity contribution in [3.63, 3.8) is 0 Å². The lowest BCUT2D eigenvalue weighted by atomic mass is 10.0. The normalized spacial score (nSPS) is 12.4. The number of rotatable bonds is 9. The molecule has 0 saturated heterocycles. The zero-order valence-electron chi connectivity index (χ0n) is 15.7. The number of aromatic nitrogens is 1. The summed E-state index contributed by atoms with van der Waals surface area (Å²) in [5.74, 6) is -0.710. The SMILES string of the molecule is CCOC(=O)NC(CNC(=O)c1cnc(OCC(F)(F)F)c(Cl)c1)CC(C)C. The minimum absolute atomic E-state index is 0.0452. The number of carbonyl (C=O) groups excluding carboxylic acids is 2. The number of halogens is 4. The molecule has 1 rings (SSSR count). The molecule has 1 atom stereocenters. The van der Waals surface area contributed by atoms with Crippen LogP contribution < -0.4 is 15.4 Å². The number of amides is 2. The second-order valence-corrected chi connectivity index (χ2v) is 6.72. The predicted octanol–water partition coefficient (Wildman–Crippen LogP) is 3.57. The largest absolute Gasteiger partial charge is 0.467 e. The van der Waals surface area contributed by atoms with Gasteiger partial charge in [0.2, 0.25) is 5.88 Å². The zero-order valence-corrected chi connectivity index (χ0v) is 16.5. The van der Waals surface area contributed by atoms with E-state index >= 15 is 0 Å². The van der Waals surface area contributed by atoms with Crippen molar-refractivity contribution in [2.24, 2.45) is 5.92 Å². The van der Waals surface area contributed by atoms with E-state index in [0.717, 1.165) is 12.3 Å². The third-order valence-corrected chi connectivity index (χ3v) is 3.58. The molecule has 1 aromatic rings. The molecule has 0 aromatic carbocycles. The molecular formula is C17H23ClF3N3O4. The molecule has 11 heteroatoms. The van der Waals surface area contributed by atoms with Gasteiger partial charge in [0.1, 0.15) is 5.02 Å². The van der Waals surface area contributed by atoms with Gasteiger partial charge in [0.25, 0.3) is 5.91 Å². The molecule has 7 nitrogen and oxygen atoms in total. The Bertz CT molecular complexity index is 672. The highest BCUT2D eigenvalue weighted by Crippen LogP contribution is 2.25. The molecule has 0 aliphatic carbocycles. The van der Waals surface area contributed by atoms with Gasteiger partial charge in [-0.2, -0.15) is 13.2 Å². The van der Waals surface area contributed by atoms with E-state index in [0.29, 0.717) is 6.42 Å². The lowest BCUT2D eigenvalue weighted by molar-refractivity contribution is -0.154. The molecule has 0 fully saturated rings. The Morgan fingerprint density at radius 3 is 2.54 bits per heavy atom. The number of hydrogen-bond donors (Lipinski definition) is 2. The van der Waals surface area contributed by atoms with Gasteiger partial charge in [-0.25, -0.2) is 9.78 Å². The molecule has 0 radical (unpaired) electrons. The molecule has 0 aliphatic rings. The highest BCUT2D eigenvalue weighted by molar-refractivity contribution is 6.32. The molecule has 158 valence electrons. The maximum Gasteiger partial charge on any atom is 0.422 e. The van der Waals surface area contributed by atoms with Gasteiger partial charge in [-0.1, -0.05) is 25.4 Å². The second kappa shape index (κ2) is 10.9. The van der Waals surface area contributed by atoms with E-state index < -0.39 is 30.7 Å². The first-order chi connectivity index (χ1) is 13.0. The number of alkyl halides is 3. The van der Waals surface area contributed by atoms with E-state index in [4.69, 9.17) is 16.3 Å². The summed E-state index contributed by atoms with van der Waals surface area (Å²) in [4.78, 5) is 27.5. The number of hydrogen-bond acceptors (Lipinski definition) is 5. The molecule has 2 N–H and O–H groups in total. The van der Waals surface area contributed by atoms with Gasteiger partial charge in [-0.3, -0.25) is 4.79 Å². The zero-order chi connectivity index (χ0) is 21.3. The van der Waals surface area contributed by atoms with Gasteiger partial charge in [-0.05, 0) is 25.3 Å². The minimum atomic E-state index is -4.53. The van der Waals surface area contributed by atoms with Crippen LogP contribution in [0.5, 0.6) is 5.88 Å². The molecule has 0 bridgehead atoms. The fraction of sp³-hybridized carbons (Fsp3) is 0.588. The van der Waals surface area contributed by atoms with Crippen LogP contribution in [-0.2, 0) is 4.74 Å². The summed E-state index contributed by atoms with van der Waals surface area (Å²) in [5.41, 5.74) is 0.0452. The summed E-state index contributed by atoms with van der Waals surface area (Å²) in [6.07, 6.45) is -3.46. The Hall–Kier alpha value is -2.23. The highest BCUT2D eigenvalue weighted by Gasteiger charge is 2.29. The minimum Gasteiger partial charge on any atom is -0.467 e. The fourth-order valence-corrected chi connectivity index (χ4v) is 2.45. The molecule has 0 aliphatic heterocycles. The first-order valence-electron chi connectivity index (χ1n) is 8.58. The number of pyridine rings is 1. The Balaban J connectivity index is 2.69. The van der Waals surface area contributed by atoms with E-state index in [1.165, 1.54) is 0 Å². The van der Waals surface area contributed by atoms with Crippen LogP contribution in [0.3, 0.4) is 0 Å². The quantitative estimate of drug-likeness (QED) is 0.631. The van der Waals surface area contributed by atoms with E-state index in [2.05, 4.69) is 20.4 Å². The number of carbonyl (C=O) groups is 2. The average molecular weight is 426 g/mol. The number of nitrogens with zero attached hydrogens (tertiary/aromatic N) is 1. The van der Waals surface area contributed by atoms with Gasteiger partial charge in [0.15, 0.2) is 6.61 Å². The summed E-state index contributed by atoms with van der Waals surface area (Å²) in [6.45, 7) is 4.41. The van der Waals surface area contributed by atoms with Crippen molar-refractivity contribution in [3.8, 4) is 5.88 Å². The van der Waals surface area contributed by atoms with Crippen molar-refractivity contribution in [2.45, 2.75) is 39.4 Å². The van der Waals surface area contributed by atoms with E-state index in [9.17, 15) is 22.8 Å². The van der Waals surface area contributed by atoms with Crippen LogP contribution in [0, 0.1) is 5.92 Å². The van der Waals surface area contributed by atoms with E-state index in [1.807, 2.05) is 13.8 Å². The van der Waals surface area contributed by atoms with Crippen LogP contribution in [-0.4, -0.2) is 49.0 Å². The predicted molar refractivity (Wildman–Crippen MR) is 96.5 cm³/mol. The van der Waals surface area contributed by atoms with Gasteiger partial charge >= 0.3 is 12.3 Å². The highest BCUT2D eigenvalue weighted by atomic mass is 35.5. The van der Waals surface area contributed by atoms with Crippen LogP contribution in [0.4, 0.5) is 18.0 Å². The van der Waals surface area contributed by atoms with Gasteiger partial charge in [-0.15, -0.1) is 0 Å². The van der Waals surface area contributed by atoms with Crippen molar-refractivity contribution < 1.29 is 32.2 Å². The van der Waals surface area contributed by atoms with Crippen molar-refractivity contribution in [2.75, 3.05) is 19.8 Å². The van der Waals surface area contributed by atoms with Crippen LogP contribution in [0.1, 0.15) is 37.6 Å². The molecule has 0 spiro atoms. The van der Waals surface area contributed by atoms with Crippen molar-refractivity contribution in [1.82, 2.24) is 15.6 Å². The van der Waals surface area contributed by atoms with Crippen LogP contribution in [0.15, 0.2) is 12.3 Å². The summed E-state index contributed by atoms with van der Waals surface area (Å²) in [5, 5.41) is 5.07. The van der Waals surface area contributed by atoms with Gasteiger partial charge in [0, 0.05) is 18.8 Å². The summed E-state index contributed by atoms with van der Waals surface area (Å²) >= 11 is 5.83. The maximum atomic E-state index is 12.3. The van der Waals surface area contributed by atoms with Crippen molar-refractivity contribution >= 4 is 23.6 Å². The van der Waals surface area contributed by atoms with E-state index in [-0.39, 0.29) is 35.7 Å². The van der Waals surface area contributed by atoms with Crippen LogP contribution in [0.25, 0.3) is 0 Å². The molecule has 2 amide bonds. The molecule has 0 saturated carbocycles. The molecule has 1 heterocycles. The Labute approximate surface area is 165 Å². The first kappa shape index (κ1) is 23.8. The van der Waals surface area contributed by atoms with Gasteiger partial charge < -0.3 is 20.1 Å². The molecular weight excluding hydrogens is 403 g/mol. The summed E-state index contributed by atoms with van der Waals surface area (Å²) in [7, 11) is 0. The molecule has 28 heavy (non-hydrogen) atoms. The Morgan fingerprint density at radius 2 is 2.00 bits per heavy atom. The van der Waals surface area contributed by atoms with E-state index in [1.54, 1.807) is 6.92 Å². The fourth-order valence-electron chi connectivity index (χ4n) is 2.23. The third kappa shape index (κ3) is 9.12. The smallest absolute Gasteiger partial charge is 0.422 e. The van der Waals surface area contributed by atoms with Crippen molar-refractivity contribution in [3.05, 3.63) is 22.8 Å². The maximum absolute atomic E-state index is 12.3. The van der Waals surface area contributed by atoms with Crippen LogP contribution >= 0.6 is 11.6 Å². The monoisotopic (exact) mass is 425 g/mol. The lowest BCUT2D eigenvalue weighted by Gasteiger charge is -2.20. The average Bonchev–Trinajstić information content (AvgIpc) is 2.57. The van der Waals surface area contributed by atoms with Crippen LogP contribution in [0.2, 0.25) is 5.02 Å². The third-order valence-electron chi connectivity index (χ3n) is 3.30. The second-order valence-electron chi connectivity index (χ2n) is 6.32. The standard InChI is InChI=1S/C17H23ClF3N3O4/c1-4-27-16(26)24-12(5-10(2)3)8-22-14(25)11-6-13(18)15(23-7-11)28-9-17(19,20)21/h6-7,10,12H,4-5,8-9H2,1-3H3,(H,22,25)(H,24,26). The summed E-state index contributed by atoms with van der Waals surface area (Å²) < 4.78 is 45.9. The number of ether oxygens (including phenoxy) is 2. The van der Waals surface area contributed by atoms with Gasteiger partial charge in [0.05, 0.1) is 12.2 Å². The number of alkyl carbamates (subject to hydrolysis) is 1. The molecule has 1 aromatic heterocycles. The summed E-state index contributed by atoms with van der Waals surface area (Å²) in [6, 6.07) is 0.798. The first-order valence-corrected chi connectivity index (χ1v) is 8.96.